The summed E-state index contributed by atoms with van der Waals surface area (Å²) in [4.78, 5) is 27.0. The molecule has 1 aliphatic heterocycles. The number of halogens is 1. The van der Waals surface area contributed by atoms with Crippen LogP contribution in [0, 0.1) is 0 Å². The number of carbonyl (C=O) groups is 2. The van der Waals surface area contributed by atoms with Gasteiger partial charge in [0.05, 0.1) is 0 Å². The van der Waals surface area contributed by atoms with Gasteiger partial charge in [-0.05, 0) is 0 Å². The predicted octanol–water partition coefficient (Wildman–Crippen LogP) is 3.10. The van der Waals surface area contributed by atoms with E-state index in [0.29, 0.717) is 0 Å². The molecular formula is C22H16INO2Se. The van der Waals surface area contributed by atoms with Crippen LogP contribution in [0.15, 0.2) is 86.9 Å². The first-order valence-corrected chi connectivity index (χ1v) is 11.3. The third-order valence-corrected chi connectivity index (χ3v) is 8.21. The van der Waals surface area contributed by atoms with E-state index < -0.39 is 5.54 Å². The molecule has 2 aromatic carbocycles. The fourth-order valence-electron chi connectivity index (χ4n) is 3.46. The Bertz CT molecular complexity index is 1010. The molecule has 0 N–H and O–H groups in total. The van der Waals surface area contributed by atoms with Crippen LogP contribution in [0.25, 0.3) is 5.57 Å². The second-order valence-corrected chi connectivity index (χ2v) is 9.78. The zero-order chi connectivity index (χ0) is 19.0. The van der Waals surface area contributed by atoms with Gasteiger partial charge in [0.2, 0.25) is 0 Å². The second-order valence-electron chi connectivity index (χ2n) is 6.34. The maximum atomic E-state index is 13.3. The number of hydrogen-bond donors (Lipinski definition) is 0. The standard InChI is InChI=1S/C22H16INO2Se/c1-24-21(26)20(27-17-10-6-3-7-11-17)19(15-8-4-2-5-9-15)22(24)13-12-16(25)14-18(22)23/h2-14H,1H3/t22-/m0/s1. The third-order valence-electron chi connectivity index (χ3n) is 4.78. The van der Waals surface area contributed by atoms with Crippen molar-refractivity contribution in [2.45, 2.75) is 5.54 Å². The van der Waals surface area contributed by atoms with E-state index in [4.69, 9.17) is 0 Å². The number of hydrogen-bond acceptors (Lipinski definition) is 2. The van der Waals surface area contributed by atoms with Gasteiger partial charge in [-0.15, -0.1) is 0 Å². The summed E-state index contributed by atoms with van der Waals surface area (Å²) in [6.07, 6.45) is 5.09. The molecule has 0 bridgehead atoms. The summed E-state index contributed by atoms with van der Waals surface area (Å²) < 4.78 is 2.84. The number of ketones is 1. The first kappa shape index (κ1) is 18.4. The summed E-state index contributed by atoms with van der Waals surface area (Å²) in [7, 11) is 1.83. The van der Waals surface area contributed by atoms with Crippen molar-refractivity contribution in [2.75, 3.05) is 7.05 Å². The molecule has 134 valence electrons. The summed E-state index contributed by atoms with van der Waals surface area (Å²) in [5.41, 5.74) is 1.30. The molecule has 5 heteroatoms. The topological polar surface area (TPSA) is 37.4 Å². The Kier molecular flexibility index (Phi) is 4.93. The Labute approximate surface area is 178 Å². The van der Waals surface area contributed by atoms with E-state index in [9.17, 15) is 9.59 Å². The number of carbonyl (C=O) groups excluding carboxylic acids is 2. The van der Waals surface area contributed by atoms with E-state index in [1.807, 2.05) is 61.7 Å². The molecule has 0 unspecified atom stereocenters. The van der Waals surface area contributed by atoms with Crippen LogP contribution in [0.1, 0.15) is 5.56 Å². The molecule has 1 aliphatic carbocycles. The summed E-state index contributed by atoms with van der Waals surface area (Å²) in [6.45, 7) is 0. The Morgan fingerprint density at radius 3 is 2.22 bits per heavy atom. The van der Waals surface area contributed by atoms with Crippen LogP contribution in [0.5, 0.6) is 0 Å². The van der Waals surface area contributed by atoms with Gasteiger partial charge in [-0.25, -0.2) is 0 Å². The predicted molar refractivity (Wildman–Crippen MR) is 117 cm³/mol. The Balaban J connectivity index is 1.97. The Morgan fingerprint density at radius 2 is 1.59 bits per heavy atom. The number of allylic oxidation sites excluding steroid dienone is 2. The molecule has 27 heavy (non-hydrogen) atoms. The van der Waals surface area contributed by atoms with E-state index in [2.05, 4.69) is 34.7 Å². The fraction of sp³-hybridized carbons (Fsp3) is 0.0909. The van der Waals surface area contributed by atoms with Gasteiger partial charge < -0.3 is 0 Å². The van der Waals surface area contributed by atoms with Gasteiger partial charge in [-0.1, -0.05) is 0 Å². The van der Waals surface area contributed by atoms with E-state index in [1.165, 1.54) is 0 Å². The zero-order valence-corrected chi connectivity index (χ0v) is 18.4. The fourth-order valence-corrected chi connectivity index (χ4v) is 6.94. The maximum absolute atomic E-state index is 13.3. The minimum absolute atomic E-state index is 0.0271. The molecule has 0 aromatic heterocycles. The van der Waals surface area contributed by atoms with Crippen LogP contribution in [0.2, 0.25) is 0 Å². The number of nitrogens with zero attached hydrogens (tertiary/aromatic N) is 1. The van der Waals surface area contributed by atoms with Crippen molar-refractivity contribution in [3.63, 3.8) is 0 Å². The molecule has 0 saturated heterocycles. The molecule has 1 amide bonds. The van der Waals surface area contributed by atoms with Crippen LogP contribution in [-0.2, 0) is 9.59 Å². The quantitative estimate of drug-likeness (QED) is 0.451. The minimum atomic E-state index is -0.710. The normalized spacial score (nSPS) is 22.0. The summed E-state index contributed by atoms with van der Waals surface area (Å²) in [5, 5.41) is 0. The molecule has 1 heterocycles. The molecule has 4 rings (SSSR count). The molecule has 1 atom stereocenters. The zero-order valence-electron chi connectivity index (χ0n) is 14.6. The van der Waals surface area contributed by atoms with Crippen LogP contribution in [-0.4, -0.2) is 44.1 Å². The molecule has 1 spiro atoms. The first-order chi connectivity index (χ1) is 13.0. The molecule has 2 aromatic rings. The first-order valence-electron chi connectivity index (χ1n) is 8.46. The number of benzene rings is 2. The van der Waals surface area contributed by atoms with Crippen molar-refractivity contribution in [2.24, 2.45) is 0 Å². The van der Waals surface area contributed by atoms with Crippen molar-refractivity contribution in [3.8, 4) is 0 Å². The van der Waals surface area contributed by atoms with Crippen molar-refractivity contribution in [1.29, 1.82) is 0 Å². The van der Waals surface area contributed by atoms with E-state index in [0.717, 1.165) is 23.6 Å². The van der Waals surface area contributed by atoms with Gasteiger partial charge in [0, 0.05) is 0 Å². The van der Waals surface area contributed by atoms with Gasteiger partial charge >= 0.3 is 179 Å². The summed E-state index contributed by atoms with van der Waals surface area (Å²) in [6, 6.07) is 20.1. The molecule has 0 fully saturated rings. The third kappa shape index (κ3) is 3.04. The van der Waals surface area contributed by atoms with Crippen LogP contribution < -0.4 is 4.46 Å². The van der Waals surface area contributed by atoms with Gasteiger partial charge in [-0.2, -0.15) is 0 Å². The summed E-state index contributed by atoms with van der Waals surface area (Å²) in [5.74, 6) is -0.0143. The number of likely N-dealkylation sites (N-methyl/N-ethyl adjacent to an activating group) is 1. The van der Waals surface area contributed by atoms with Gasteiger partial charge in [0.15, 0.2) is 0 Å². The average molecular weight is 532 g/mol. The van der Waals surface area contributed by atoms with Crippen molar-refractivity contribution in [3.05, 3.63) is 92.5 Å². The molecule has 3 nitrogen and oxygen atoms in total. The van der Waals surface area contributed by atoms with E-state index >= 15 is 0 Å². The van der Waals surface area contributed by atoms with E-state index in [-0.39, 0.29) is 26.6 Å². The van der Waals surface area contributed by atoms with Gasteiger partial charge in [0.1, 0.15) is 0 Å². The molecular weight excluding hydrogens is 516 g/mol. The molecule has 0 saturated carbocycles. The van der Waals surface area contributed by atoms with Gasteiger partial charge in [-0.3, -0.25) is 0 Å². The SMILES string of the molecule is CN1C(=O)C([Se]c2ccccc2)=C(c2ccccc2)[C@@]12C=CC(=O)C=C2I. The summed E-state index contributed by atoms with van der Waals surface area (Å²) >= 11 is 2.07. The number of rotatable bonds is 3. The Morgan fingerprint density at radius 1 is 0.963 bits per heavy atom. The number of amides is 1. The van der Waals surface area contributed by atoms with Crippen LogP contribution in [0.4, 0.5) is 0 Å². The van der Waals surface area contributed by atoms with E-state index in [1.54, 1.807) is 17.1 Å². The molecule has 0 radical (unpaired) electrons. The van der Waals surface area contributed by atoms with Crippen LogP contribution in [0.3, 0.4) is 0 Å². The molecule has 2 aliphatic rings. The van der Waals surface area contributed by atoms with Gasteiger partial charge in [0.25, 0.3) is 0 Å². The van der Waals surface area contributed by atoms with Crippen LogP contribution >= 0.6 is 22.6 Å². The van der Waals surface area contributed by atoms with Crippen molar-refractivity contribution >= 4 is 59.3 Å². The monoisotopic (exact) mass is 533 g/mol. The van der Waals surface area contributed by atoms with Crippen molar-refractivity contribution in [1.82, 2.24) is 4.90 Å². The Hall–Kier alpha value is -1.95. The van der Waals surface area contributed by atoms with Crippen molar-refractivity contribution < 1.29 is 9.59 Å². The second kappa shape index (κ2) is 7.23. The average Bonchev–Trinajstić information content (AvgIpc) is 2.89.